The predicted octanol–water partition coefficient (Wildman–Crippen LogP) is -4.27. The van der Waals surface area contributed by atoms with Gasteiger partial charge in [0.25, 0.3) is 0 Å². The van der Waals surface area contributed by atoms with Gasteiger partial charge < -0.3 is 9.11 Å². The normalized spacial score (nSPS) is 14.6. The van der Waals surface area contributed by atoms with Gasteiger partial charge in [0, 0.05) is 11.4 Å². The maximum absolute atomic E-state index is 12.1. The van der Waals surface area contributed by atoms with E-state index in [0.717, 1.165) is 36.4 Å². The molecule has 0 aliphatic heterocycles. The maximum atomic E-state index is 12.1. The molecule has 0 atom stereocenters. The van der Waals surface area contributed by atoms with Gasteiger partial charge in [0.05, 0.1) is 20.3 Å². The van der Waals surface area contributed by atoms with E-state index < -0.39 is 60.6 Å². The van der Waals surface area contributed by atoms with E-state index in [2.05, 4.69) is 9.44 Å². The van der Waals surface area contributed by atoms with Crippen LogP contribution in [-0.2, 0) is 40.3 Å². The van der Waals surface area contributed by atoms with Crippen molar-refractivity contribution in [2.45, 2.75) is 47.0 Å². The molecule has 1 saturated carbocycles. The fraction of sp³-hybridized carbons (Fsp3) is 0.300. The van der Waals surface area contributed by atoms with Gasteiger partial charge in [-0.3, -0.25) is 9.44 Å². The van der Waals surface area contributed by atoms with Gasteiger partial charge in [-0.15, -0.1) is 0 Å². The number of rotatable bonds is 10. The SMILES string of the molecule is CC(C)S(=O)(=O)Nc1ccc(/C=C/c2ccc(NS(=O)(=O)C3CC3)cc2S(=O)(=O)[O-])c(S(=O)(=O)[O-])c1.[Na+].[Na+]. The zero-order valence-electron chi connectivity index (χ0n) is 20.9. The summed E-state index contributed by atoms with van der Waals surface area (Å²) in [5.41, 5.74) is -0.716. The minimum Gasteiger partial charge on any atom is -0.744 e. The van der Waals surface area contributed by atoms with Crippen LogP contribution in [0.2, 0.25) is 0 Å². The smallest absolute Gasteiger partial charge is 0.744 e. The van der Waals surface area contributed by atoms with Crippen LogP contribution < -0.4 is 68.6 Å². The standard InChI is InChI=1S/C20H24N2O10S4.2Na/c1-13(2)33(23,24)21-16-7-5-14(19(11-16)35(27,28)29)3-4-15-6-8-17(12-20(15)36(30,31)32)22-34(25,26)18-9-10-18;;/h3-8,11-13,18,21-22H,9-10H2,1-2H3,(H,27,28,29)(H,30,31,32);;/q;2*+1/p-2/b4-3+;;. The van der Waals surface area contributed by atoms with Crippen molar-refractivity contribution in [2.75, 3.05) is 9.44 Å². The Kier molecular flexibility index (Phi) is 12.1. The van der Waals surface area contributed by atoms with E-state index in [1.807, 2.05) is 0 Å². The number of anilines is 2. The third kappa shape index (κ3) is 9.27. The van der Waals surface area contributed by atoms with Crippen LogP contribution >= 0.6 is 0 Å². The molecule has 2 N–H and O–H groups in total. The molecule has 0 spiro atoms. The van der Waals surface area contributed by atoms with E-state index in [0.29, 0.717) is 12.8 Å². The van der Waals surface area contributed by atoms with E-state index in [9.17, 15) is 42.8 Å². The molecule has 1 fully saturated rings. The molecule has 1 aliphatic carbocycles. The summed E-state index contributed by atoms with van der Waals surface area (Å²) < 4.78 is 124. The number of sulfonamides is 2. The molecule has 198 valence electrons. The Hall–Kier alpha value is -0.500. The number of hydrogen-bond donors (Lipinski definition) is 2. The van der Waals surface area contributed by atoms with Crippen LogP contribution in [-0.4, -0.2) is 53.3 Å². The molecule has 3 rings (SSSR count). The van der Waals surface area contributed by atoms with E-state index >= 15 is 0 Å². The first-order valence-corrected chi connectivity index (χ1v) is 16.2. The third-order valence-corrected chi connectivity index (χ3v) is 10.5. The van der Waals surface area contributed by atoms with Crippen molar-refractivity contribution in [1.29, 1.82) is 0 Å². The summed E-state index contributed by atoms with van der Waals surface area (Å²) in [7, 11) is -17.8. The minimum atomic E-state index is -5.10. The predicted molar refractivity (Wildman–Crippen MR) is 131 cm³/mol. The quantitative estimate of drug-likeness (QED) is 0.148. The molecule has 1 aliphatic rings. The molecule has 0 saturated heterocycles. The van der Waals surface area contributed by atoms with Gasteiger partial charge in [-0.05, 0) is 62.1 Å². The van der Waals surface area contributed by atoms with Crippen molar-refractivity contribution in [2.24, 2.45) is 0 Å². The van der Waals surface area contributed by atoms with Crippen LogP contribution in [0.4, 0.5) is 11.4 Å². The first-order chi connectivity index (χ1) is 16.4. The Morgan fingerprint density at radius 2 is 1.13 bits per heavy atom. The van der Waals surface area contributed by atoms with Crippen LogP contribution in [0.3, 0.4) is 0 Å². The van der Waals surface area contributed by atoms with Gasteiger partial charge in [0.15, 0.2) is 0 Å². The molecule has 18 heteroatoms. The van der Waals surface area contributed by atoms with Crippen LogP contribution in [0, 0.1) is 0 Å². The molecule has 0 heterocycles. The molecule has 2 aromatic carbocycles. The summed E-state index contributed by atoms with van der Waals surface area (Å²) in [6.45, 7) is 2.79. The average Bonchev–Trinajstić information content (AvgIpc) is 3.57. The summed E-state index contributed by atoms with van der Waals surface area (Å²) in [6.07, 6.45) is 3.05. The number of hydrogen-bond acceptors (Lipinski definition) is 10. The van der Waals surface area contributed by atoms with Crippen molar-refractivity contribution in [3.8, 4) is 0 Å². The molecule has 0 aromatic heterocycles. The summed E-state index contributed by atoms with van der Waals surface area (Å²) in [4.78, 5) is -1.56. The van der Waals surface area contributed by atoms with Crippen molar-refractivity contribution < 1.29 is 102 Å². The van der Waals surface area contributed by atoms with Gasteiger partial charge in [0.1, 0.15) is 20.2 Å². The fourth-order valence-electron chi connectivity index (χ4n) is 2.99. The zero-order chi connectivity index (χ0) is 27.1. The molecule has 38 heavy (non-hydrogen) atoms. The van der Waals surface area contributed by atoms with Crippen molar-refractivity contribution in [3.05, 3.63) is 47.5 Å². The Balaban J connectivity index is 0.00000361. The van der Waals surface area contributed by atoms with E-state index in [1.165, 1.54) is 26.0 Å². The topological polar surface area (TPSA) is 207 Å². The Labute approximate surface area is 266 Å². The van der Waals surface area contributed by atoms with Gasteiger partial charge in [-0.2, -0.15) is 0 Å². The molecule has 0 unspecified atom stereocenters. The first kappa shape index (κ1) is 35.5. The first-order valence-electron chi connectivity index (χ1n) is 10.3. The van der Waals surface area contributed by atoms with Crippen LogP contribution in [0.25, 0.3) is 12.2 Å². The van der Waals surface area contributed by atoms with Crippen LogP contribution in [0.5, 0.6) is 0 Å². The van der Waals surface area contributed by atoms with Crippen molar-refractivity contribution in [1.82, 2.24) is 0 Å². The monoisotopic (exact) mass is 624 g/mol. The zero-order valence-corrected chi connectivity index (χ0v) is 28.2. The summed E-state index contributed by atoms with van der Waals surface area (Å²) in [5, 5.41) is -1.43. The Bertz CT molecular complexity index is 1540. The molecular formula is C20H22N2Na2O10S4. The van der Waals surface area contributed by atoms with Crippen molar-refractivity contribution in [3.63, 3.8) is 0 Å². The second-order valence-electron chi connectivity index (χ2n) is 8.29. The van der Waals surface area contributed by atoms with Crippen LogP contribution in [0.1, 0.15) is 37.8 Å². The van der Waals surface area contributed by atoms with Crippen molar-refractivity contribution >= 4 is 63.8 Å². The average molecular weight is 625 g/mol. The van der Waals surface area contributed by atoms with E-state index in [-0.39, 0.29) is 81.6 Å². The second-order valence-corrected chi connectivity index (χ2v) is 15.2. The Morgan fingerprint density at radius 3 is 1.47 bits per heavy atom. The number of nitrogens with one attached hydrogen (secondary N) is 2. The van der Waals surface area contributed by atoms with E-state index in [1.54, 1.807) is 0 Å². The number of benzene rings is 2. The second kappa shape index (κ2) is 13.0. The third-order valence-electron chi connectivity index (χ3n) is 5.11. The summed E-state index contributed by atoms with van der Waals surface area (Å²) >= 11 is 0. The van der Waals surface area contributed by atoms with Gasteiger partial charge in [0.2, 0.25) is 20.0 Å². The molecule has 2 aromatic rings. The molecule has 12 nitrogen and oxygen atoms in total. The summed E-state index contributed by atoms with van der Waals surface area (Å²) in [6, 6.07) is 6.37. The van der Waals surface area contributed by atoms with Gasteiger partial charge >= 0.3 is 59.1 Å². The molecule has 0 radical (unpaired) electrons. The molecular weight excluding hydrogens is 602 g/mol. The van der Waals surface area contributed by atoms with Crippen LogP contribution in [0.15, 0.2) is 46.2 Å². The molecule has 0 bridgehead atoms. The van der Waals surface area contributed by atoms with Gasteiger partial charge in [-0.25, -0.2) is 33.7 Å². The fourth-order valence-corrected chi connectivity index (χ4v) is 6.45. The largest absolute Gasteiger partial charge is 1.00 e. The van der Waals surface area contributed by atoms with E-state index in [4.69, 9.17) is 0 Å². The Morgan fingerprint density at radius 1 is 0.737 bits per heavy atom. The maximum Gasteiger partial charge on any atom is 1.00 e. The summed E-state index contributed by atoms with van der Waals surface area (Å²) in [5.74, 6) is 0. The minimum absolute atomic E-state index is 0. The van der Waals surface area contributed by atoms with Gasteiger partial charge in [-0.1, -0.05) is 24.3 Å². The molecule has 0 amide bonds.